The van der Waals surface area contributed by atoms with Crippen LogP contribution in [0.2, 0.25) is 0 Å². The second kappa shape index (κ2) is 3.20. The van der Waals surface area contributed by atoms with Gasteiger partial charge in [-0.2, -0.15) is 0 Å². The number of carbonyl (C=O) groups is 1. The molecule has 0 saturated heterocycles. The van der Waals surface area contributed by atoms with E-state index >= 15 is 0 Å². The monoisotopic (exact) mass is 182 g/mol. The van der Waals surface area contributed by atoms with Crippen LogP contribution in [0.4, 0.5) is 4.79 Å². The maximum atomic E-state index is 11.3. The standard InChI is InChI=1S/C10H18N2O/c1-6-3-8(6)5-11-10(13)12-9-4-7(9)2/h6-9H,3-5H2,1-2H3,(H2,11,12,13)/t6?,7-,8?,9-/m1/s1. The summed E-state index contributed by atoms with van der Waals surface area (Å²) in [6, 6.07) is 0.463. The van der Waals surface area contributed by atoms with E-state index < -0.39 is 0 Å². The summed E-state index contributed by atoms with van der Waals surface area (Å²) in [5.74, 6) is 2.24. The number of hydrogen-bond acceptors (Lipinski definition) is 1. The van der Waals surface area contributed by atoms with E-state index in [0.717, 1.165) is 24.8 Å². The van der Waals surface area contributed by atoms with Crippen LogP contribution < -0.4 is 10.6 Å². The summed E-state index contributed by atoms with van der Waals surface area (Å²) in [6.45, 7) is 5.25. The van der Waals surface area contributed by atoms with Crippen LogP contribution in [0.5, 0.6) is 0 Å². The van der Waals surface area contributed by atoms with Gasteiger partial charge in [-0.1, -0.05) is 13.8 Å². The minimum absolute atomic E-state index is 0.0217. The van der Waals surface area contributed by atoms with Crippen LogP contribution in [0.1, 0.15) is 26.7 Å². The van der Waals surface area contributed by atoms with E-state index in [2.05, 4.69) is 24.5 Å². The van der Waals surface area contributed by atoms with Crippen LogP contribution >= 0.6 is 0 Å². The maximum Gasteiger partial charge on any atom is 0.315 e. The molecule has 0 aromatic heterocycles. The summed E-state index contributed by atoms with van der Waals surface area (Å²) in [5.41, 5.74) is 0. The minimum atomic E-state index is 0.0217. The summed E-state index contributed by atoms with van der Waals surface area (Å²) in [4.78, 5) is 11.3. The predicted octanol–water partition coefficient (Wildman–Crippen LogP) is 1.35. The molecule has 0 aromatic carbocycles. The zero-order valence-electron chi connectivity index (χ0n) is 8.34. The molecule has 0 heterocycles. The van der Waals surface area contributed by atoms with Gasteiger partial charge >= 0.3 is 6.03 Å². The highest BCUT2D eigenvalue weighted by molar-refractivity contribution is 5.74. The lowest BCUT2D eigenvalue weighted by Gasteiger charge is -2.05. The number of amides is 2. The average molecular weight is 182 g/mol. The van der Waals surface area contributed by atoms with Crippen LogP contribution in [0.25, 0.3) is 0 Å². The first-order valence-corrected chi connectivity index (χ1v) is 5.21. The number of hydrogen-bond donors (Lipinski definition) is 2. The zero-order chi connectivity index (χ0) is 9.42. The molecular weight excluding hydrogens is 164 g/mol. The molecule has 2 saturated carbocycles. The average Bonchev–Trinajstić information content (AvgIpc) is 2.91. The van der Waals surface area contributed by atoms with Crippen LogP contribution in [-0.4, -0.2) is 18.6 Å². The molecule has 0 spiro atoms. The summed E-state index contributed by atoms with van der Waals surface area (Å²) >= 11 is 0. The van der Waals surface area contributed by atoms with Gasteiger partial charge in [0.05, 0.1) is 0 Å². The first-order valence-electron chi connectivity index (χ1n) is 5.21. The molecule has 3 heteroatoms. The van der Waals surface area contributed by atoms with Crippen molar-refractivity contribution in [2.75, 3.05) is 6.54 Å². The molecule has 2 unspecified atom stereocenters. The fourth-order valence-electron chi connectivity index (χ4n) is 1.65. The van der Waals surface area contributed by atoms with Gasteiger partial charge in [-0.15, -0.1) is 0 Å². The Labute approximate surface area is 79.3 Å². The minimum Gasteiger partial charge on any atom is -0.338 e. The van der Waals surface area contributed by atoms with E-state index in [-0.39, 0.29) is 6.03 Å². The van der Waals surface area contributed by atoms with Crippen molar-refractivity contribution in [3.8, 4) is 0 Å². The largest absolute Gasteiger partial charge is 0.338 e. The first kappa shape index (κ1) is 8.85. The van der Waals surface area contributed by atoms with E-state index in [0.29, 0.717) is 12.0 Å². The van der Waals surface area contributed by atoms with Crippen molar-refractivity contribution in [1.82, 2.24) is 10.6 Å². The lowest BCUT2D eigenvalue weighted by atomic mass is 10.3. The van der Waals surface area contributed by atoms with Crippen molar-refractivity contribution in [2.45, 2.75) is 32.7 Å². The molecule has 2 fully saturated rings. The zero-order valence-corrected chi connectivity index (χ0v) is 8.34. The van der Waals surface area contributed by atoms with Crippen LogP contribution in [0.15, 0.2) is 0 Å². The lowest BCUT2D eigenvalue weighted by molar-refractivity contribution is 0.239. The summed E-state index contributed by atoms with van der Waals surface area (Å²) in [6.07, 6.45) is 2.42. The van der Waals surface area contributed by atoms with Crippen molar-refractivity contribution < 1.29 is 4.79 Å². The van der Waals surface area contributed by atoms with Gasteiger partial charge < -0.3 is 10.6 Å². The number of carbonyl (C=O) groups excluding carboxylic acids is 1. The number of rotatable bonds is 3. The molecule has 2 amide bonds. The van der Waals surface area contributed by atoms with E-state index in [1.54, 1.807) is 0 Å². The Balaban J connectivity index is 1.56. The van der Waals surface area contributed by atoms with Gasteiger partial charge in [-0.25, -0.2) is 4.79 Å². The van der Waals surface area contributed by atoms with Gasteiger partial charge in [0.1, 0.15) is 0 Å². The Bertz CT molecular complexity index is 217. The Morgan fingerprint density at radius 3 is 2.38 bits per heavy atom. The van der Waals surface area contributed by atoms with Crippen molar-refractivity contribution in [2.24, 2.45) is 17.8 Å². The van der Waals surface area contributed by atoms with Crippen molar-refractivity contribution >= 4 is 6.03 Å². The summed E-state index contributed by atoms with van der Waals surface area (Å²) < 4.78 is 0. The molecule has 0 aromatic rings. The molecule has 2 rings (SSSR count). The summed E-state index contributed by atoms with van der Waals surface area (Å²) in [7, 11) is 0. The number of nitrogens with one attached hydrogen (secondary N) is 2. The third kappa shape index (κ3) is 2.36. The normalized spacial score (nSPS) is 41.1. The number of urea groups is 1. The molecule has 3 nitrogen and oxygen atoms in total. The van der Waals surface area contributed by atoms with Crippen molar-refractivity contribution in [3.63, 3.8) is 0 Å². The van der Waals surface area contributed by atoms with Gasteiger partial charge in [0.25, 0.3) is 0 Å². The smallest absolute Gasteiger partial charge is 0.315 e. The van der Waals surface area contributed by atoms with Gasteiger partial charge in [-0.3, -0.25) is 0 Å². The third-order valence-electron chi connectivity index (χ3n) is 3.23. The van der Waals surface area contributed by atoms with E-state index in [4.69, 9.17) is 0 Å². The maximum absolute atomic E-state index is 11.3. The molecule has 0 aliphatic heterocycles. The molecule has 2 aliphatic carbocycles. The predicted molar refractivity (Wildman–Crippen MR) is 51.4 cm³/mol. The Hall–Kier alpha value is -0.730. The Kier molecular flexibility index (Phi) is 2.18. The molecule has 74 valence electrons. The molecule has 13 heavy (non-hydrogen) atoms. The van der Waals surface area contributed by atoms with Gasteiger partial charge in [0.2, 0.25) is 0 Å². The van der Waals surface area contributed by atoms with E-state index in [1.807, 2.05) is 0 Å². The van der Waals surface area contributed by atoms with Crippen molar-refractivity contribution in [1.29, 1.82) is 0 Å². The molecule has 2 aliphatic rings. The fourth-order valence-corrected chi connectivity index (χ4v) is 1.65. The second-order valence-corrected chi connectivity index (χ2v) is 4.65. The van der Waals surface area contributed by atoms with Gasteiger partial charge in [-0.05, 0) is 30.6 Å². The van der Waals surface area contributed by atoms with Crippen LogP contribution in [0, 0.1) is 17.8 Å². The second-order valence-electron chi connectivity index (χ2n) is 4.65. The first-order chi connectivity index (χ1) is 6.16. The van der Waals surface area contributed by atoms with Crippen LogP contribution in [0.3, 0.4) is 0 Å². The highest BCUT2D eigenvalue weighted by Gasteiger charge is 2.35. The van der Waals surface area contributed by atoms with E-state index in [1.165, 1.54) is 6.42 Å². The Morgan fingerprint density at radius 2 is 1.92 bits per heavy atom. The summed E-state index contributed by atoms with van der Waals surface area (Å²) in [5, 5.41) is 5.87. The Morgan fingerprint density at radius 1 is 1.31 bits per heavy atom. The topological polar surface area (TPSA) is 41.1 Å². The van der Waals surface area contributed by atoms with Crippen LogP contribution in [-0.2, 0) is 0 Å². The molecule has 0 radical (unpaired) electrons. The SMILES string of the molecule is CC1CC1CNC(=O)N[C@@H]1C[C@H]1C. The van der Waals surface area contributed by atoms with E-state index in [9.17, 15) is 4.79 Å². The molecule has 2 N–H and O–H groups in total. The molecular formula is C10H18N2O. The molecule has 0 bridgehead atoms. The highest BCUT2D eigenvalue weighted by atomic mass is 16.2. The molecule has 4 atom stereocenters. The third-order valence-corrected chi connectivity index (χ3v) is 3.23. The van der Waals surface area contributed by atoms with Gasteiger partial charge in [0, 0.05) is 12.6 Å². The quantitative estimate of drug-likeness (QED) is 0.679. The fraction of sp³-hybridized carbons (Fsp3) is 0.900. The lowest BCUT2D eigenvalue weighted by Crippen LogP contribution is -2.38. The highest BCUT2D eigenvalue weighted by Crippen LogP contribution is 2.36. The van der Waals surface area contributed by atoms with Crippen molar-refractivity contribution in [3.05, 3.63) is 0 Å². The van der Waals surface area contributed by atoms with Gasteiger partial charge in [0.15, 0.2) is 0 Å².